The first-order valence-electron chi connectivity index (χ1n) is 4.71. The molecule has 0 heterocycles. The zero-order valence-corrected chi connectivity index (χ0v) is 8.79. The number of benzene rings is 1. The molecule has 6 nitrogen and oxygen atoms in total. The van der Waals surface area contributed by atoms with Crippen molar-refractivity contribution in [2.75, 3.05) is 6.54 Å². The van der Waals surface area contributed by atoms with Gasteiger partial charge in [0.2, 0.25) is 0 Å². The van der Waals surface area contributed by atoms with Crippen molar-refractivity contribution in [1.82, 2.24) is 0 Å². The number of aromatic carboxylic acids is 1. The van der Waals surface area contributed by atoms with Gasteiger partial charge in [-0.1, -0.05) is 17.0 Å². The SMILES string of the molecule is [N-]=[N+]=NCCC#Cc1cc(C(=O)O)ccc1O. The third-order valence-corrected chi connectivity index (χ3v) is 1.87. The summed E-state index contributed by atoms with van der Waals surface area (Å²) >= 11 is 0. The van der Waals surface area contributed by atoms with Gasteiger partial charge in [0.15, 0.2) is 0 Å². The first-order valence-corrected chi connectivity index (χ1v) is 4.71. The minimum atomic E-state index is -1.08. The van der Waals surface area contributed by atoms with Crippen molar-refractivity contribution in [2.45, 2.75) is 6.42 Å². The van der Waals surface area contributed by atoms with E-state index in [1.807, 2.05) is 0 Å². The van der Waals surface area contributed by atoms with E-state index in [1.165, 1.54) is 18.2 Å². The van der Waals surface area contributed by atoms with Crippen LogP contribution in [-0.4, -0.2) is 22.7 Å². The van der Waals surface area contributed by atoms with Crippen molar-refractivity contribution in [3.05, 3.63) is 39.8 Å². The summed E-state index contributed by atoms with van der Waals surface area (Å²) in [6.07, 6.45) is 0.348. The third kappa shape index (κ3) is 3.78. The number of hydrogen-bond acceptors (Lipinski definition) is 3. The number of phenols is 1. The summed E-state index contributed by atoms with van der Waals surface area (Å²) in [5.74, 6) is 4.14. The first kappa shape index (κ1) is 12.4. The van der Waals surface area contributed by atoms with Gasteiger partial charge in [-0.25, -0.2) is 4.79 Å². The second kappa shape index (κ2) is 6.05. The standard InChI is InChI=1S/C11H9N3O3/c12-14-13-6-2-1-3-8-7-9(11(16)17)4-5-10(8)15/h4-5,7,15H,2,6H2,(H,16,17). The summed E-state index contributed by atoms with van der Waals surface area (Å²) in [7, 11) is 0. The second-order valence-corrected chi connectivity index (χ2v) is 3.04. The molecule has 0 fully saturated rings. The lowest BCUT2D eigenvalue weighted by Crippen LogP contribution is -1.96. The van der Waals surface area contributed by atoms with Crippen LogP contribution >= 0.6 is 0 Å². The van der Waals surface area contributed by atoms with Crippen LogP contribution in [0.2, 0.25) is 0 Å². The molecule has 0 amide bonds. The summed E-state index contributed by atoms with van der Waals surface area (Å²) in [5, 5.41) is 21.5. The van der Waals surface area contributed by atoms with E-state index < -0.39 is 5.97 Å². The average molecular weight is 231 g/mol. The number of nitrogens with zero attached hydrogens (tertiary/aromatic N) is 3. The summed E-state index contributed by atoms with van der Waals surface area (Å²) in [5.41, 5.74) is 8.33. The summed E-state index contributed by atoms with van der Waals surface area (Å²) in [6, 6.07) is 3.86. The molecule has 86 valence electrons. The Bertz CT molecular complexity index is 537. The Morgan fingerprint density at radius 2 is 2.29 bits per heavy atom. The largest absolute Gasteiger partial charge is 0.507 e. The fourth-order valence-electron chi connectivity index (χ4n) is 1.08. The van der Waals surface area contributed by atoms with Gasteiger partial charge in [-0.3, -0.25) is 0 Å². The molecule has 0 saturated heterocycles. The smallest absolute Gasteiger partial charge is 0.335 e. The lowest BCUT2D eigenvalue weighted by Gasteiger charge is -1.98. The van der Waals surface area contributed by atoms with Crippen molar-refractivity contribution in [3.8, 4) is 17.6 Å². The normalized spacial score (nSPS) is 8.71. The van der Waals surface area contributed by atoms with Gasteiger partial charge in [0.05, 0.1) is 11.1 Å². The Morgan fingerprint density at radius 3 is 2.94 bits per heavy atom. The van der Waals surface area contributed by atoms with E-state index in [0.717, 1.165) is 0 Å². The average Bonchev–Trinajstić information content (AvgIpc) is 2.30. The molecular weight excluding hydrogens is 222 g/mol. The molecule has 0 aromatic heterocycles. The monoisotopic (exact) mass is 231 g/mol. The van der Waals surface area contributed by atoms with Crippen LogP contribution in [0, 0.1) is 11.8 Å². The fraction of sp³-hybridized carbons (Fsp3) is 0.182. The van der Waals surface area contributed by atoms with Crippen LogP contribution < -0.4 is 0 Å². The third-order valence-electron chi connectivity index (χ3n) is 1.87. The molecule has 0 radical (unpaired) electrons. The van der Waals surface area contributed by atoms with E-state index in [1.54, 1.807) is 0 Å². The van der Waals surface area contributed by atoms with E-state index in [9.17, 15) is 9.90 Å². The summed E-state index contributed by atoms with van der Waals surface area (Å²) < 4.78 is 0. The Hall–Kier alpha value is -2.64. The minimum absolute atomic E-state index is 0.0575. The molecule has 2 N–H and O–H groups in total. The number of rotatable bonds is 3. The predicted octanol–water partition coefficient (Wildman–Crippen LogP) is 2.14. The van der Waals surface area contributed by atoms with Crippen molar-refractivity contribution < 1.29 is 15.0 Å². The number of phenolic OH excluding ortho intramolecular Hbond substituents is 1. The van der Waals surface area contributed by atoms with Gasteiger partial charge in [0, 0.05) is 17.9 Å². The second-order valence-electron chi connectivity index (χ2n) is 3.04. The quantitative estimate of drug-likeness (QED) is 0.273. The van der Waals surface area contributed by atoms with Crippen LogP contribution in [-0.2, 0) is 0 Å². The summed E-state index contributed by atoms with van der Waals surface area (Å²) in [6.45, 7) is 0.239. The van der Waals surface area contributed by atoms with E-state index in [-0.39, 0.29) is 23.4 Å². The molecule has 1 aromatic rings. The lowest BCUT2D eigenvalue weighted by molar-refractivity contribution is 0.0697. The fourth-order valence-corrected chi connectivity index (χ4v) is 1.08. The molecule has 0 spiro atoms. The zero-order chi connectivity index (χ0) is 12.7. The Balaban J connectivity index is 2.85. The highest BCUT2D eigenvalue weighted by Crippen LogP contribution is 2.17. The van der Waals surface area contributed by atoms with Crippen LogP contribution in [0.4, 0.5) is 0 Å². The van der Waals surface area contributed by atoms with Crippen LogP contribution in [0.25, 0.3) is 10.4 Å². The maximum absolute atomic E-state index is 10.7. The van der Waals surface area contributed by atoms with Crippen molar-refractivity contribution >= 4 is 5.97 Å². The molecule has 0 unspecified atom stereocenters. The van der Waals surface area contributed by atoms with E-state index >= 15 is 0 Å². The minimum Gasteiger partial charge on any atom is -0.507 e. The number of carboxylic acid groups (broad SMARTS) is 1. The van der Waals surface area contributed by atoms with Crippen LogP contribution in [0.15, 0.2) is 23.3 Å². The Morgan fingerprint density at radius 1 is 1.53 bits per heavy atom. The summed E-state index contributed by atoms with van der Waals surface area (Å²) in [4.78, 5) is 13.3. The Labute approximate surface area is 97.1 Å². The molecule has 0 aliphatic heterocycles. The van der Waals surface area contributed by atoms with E-state index in [4.69, 9.17) is 10.6 Å². The lowest BCUT2D eigenvalue weighted by atomic mass is 10.1. The predicted molar refractivity (Wildman–Crippen MR) is 60.6 cm³/mol. The van der Waals surface area contributed by atoms with Crippen molar-refractivity contribution in [3.63, 3.8) is 0 Å². The topological polar surface area (TPSA) is 106 Å². The molecule has 17 heavy (non-hydrogen) atoms. The van der Waals surface area contributed by atoms with Crippen LogP contribution in [0.3, 0.4) is 0 Å². The molecule has 0 aliphatic carbocycles. The van der Waals surface area contributed by atoms with E-state index in [2.05, 4.69) is 21.9 Å². The van der Waals surface area contributed by atoms with Gasteiger partial charge in [-0.2, -0.15) is 0 Å². The maximum Gasteiger partial charge on any atom is 0.335 e. The van der Waals surface area contributed by atoms with Gasteiger partial charge < -0.3 is 10.2 Å². The molecule has 6 heteroatoms. The number of azide groups is 1. The molecule has 1 rings (SSSR count). The van der Waals surface area contributed by atoms with Gasteiger partial charge >= 0.3 is 5.97 Å². The van der Waals surface area contributed by atoms with Crippen LogP contribution in [0.1, 0.15) is 22.3 Å². The van der Waals surface area contributed by atoms with Gasteiger partial charge in [0.25, 0.3) is 0 Å². The maximum atomic E-state index is 10.7. The molecule has 0 bridgehead atoms. The molecular formula is C11H9N3O3. The van der Waals surface area contributed by atoms with Gasteiger partial charge in [0.1, 0.15) is 5.75 Å². The molecule has 0 saturated carbocycles. The van der Waals surface area contributed by atoms with E-state index in [0.29, 0.717) is 6.42 Å². The molecule has 0 atom stereocenters. The highest BCUT2D eigenvalue weighted by molar-refractivity contribution is 5.88. The van der Waals surface area contributed by atoms with Crippen LogP contribution in [0.5, 0.6) is 5.75 Å². The number of carboxylic acids is 1. The van der Waals surface area contributed by atoms with Gasteiger partial charge in [-0.15, -0.1) is 0 Å². The molecule has 1 aromatic carbocycles. The highest BCUT2D eigenvalue weighted by atomic mass is 16.4. The number of aromatic hydroxyl groups is 1. The first-order chi connectivity index (χ1) is 8.15. The molecule has 0 aliphatic rings. The number of carbonyl (C=O) groups is 1. The van der Waals surface area contributed by atoms with Crippen molar-refractivity contribution in [2.24, 2.45) is 5.11 Å². The Kier molecular flexibility index (Phi) is 4.43. The number of hydrogen-bond donors (Lipinski definition) is 2. The van der Waals surface area contributed by atoms with Crippen molar-refractivity contribution in [1.29, 1.82) is 0 Å². The highest BCUT2D eigenvalue weighted by Gasteiger charge is 2.05. The zero-order valence-electron chi connectivity index (χ0n) is 8.79. The van der Waals surface area contributed by atoms with Gasteiger partial charge in [-0.05, 0) is 23.7 Å².